The first-order chi connectivity index (χ1) is 15.4. The predicted octanol–water partition coefficient (Wildman–Crippen LogP) is 6.04. The molecule has 0 atom stereocenters. The molecule has 0 aliphatic carbocycles. The van der Waals surface area contributed by atoms with Gasteiger partial charge in [0.05, 0.1) is 4.88 Å². The molecule has 1 aromatic heterocycles. The van der Waals surface area contributed by atoms with Crippen LogP contribution in [-0.2, 0) is 13.2 Å². The fraction of sp³-hybridized carbons (Fsp3) is 0.292. The van der Waals surface area contributed by atoms with E-state index in [1.54, 1.807) is 18.2 Å². The average molecular weight is 493 g/mol. The first kappa shape index (κ1) is 23.1. The first-order valence-electron chi connectivity index (χ1n) is 10.3. The van der Waals surface area contributed by atoms with Crippen LogP contribution in [0.3, 0.4) is 0 Å². The van der Waals surface area contributed by atoms with E-state index in [0.717, 1.165) is 16.9 Å². The minimum atomic E-state index is -0.293. The van der Waals surface area contributed by atoms with Crippen molar-refractivity contribution in [1.82, 2.24) is 9.80 Å². The molecule has 1 amide bonds. The number of benzene rings is 2. The number of hydrogen-bond donors (Lipinski definition) is 0. The van der Waals surface area contributed by atoms with Gasteiger partial charge < -0.3 is 9.64 Å². The van der Waals surface area contributed by atoms with Crippen molar-refractivity contribution in [3.63, 3.8) is 0 Å². The molecule has 0 unspecified atom stereocenters. The fourth-order valence-electron chi connectivity index (χ4n) is 3.67. The molecule has 0 spiro atoms. The molecule has 0 N–H and O–H groups in total. The average Bonchev–Trinajstić information content (AvgIpc) is 3.25. The Morgan fingerprint density at radius 3 is 2.62 bits per heavy atom. The number of halogens is 3. The van der Waals surface area contributed by atoms with Gasteiger partial charge in [-0.25, -0.2) is 4.39 Å². The normalized spacial score (nSPS) is 14.6. The number of nitrogens with zero attached hydrogens (tertiary/aromatic N) is 2. The zero-order chi connectivity index (χ0) is 22.7. The van der Waals surface area contributed by atoms with Gasteiger partial charge in [-0.1, -0.05) is 29.3 Å². The maximum Gasteiger partial charge on any atom is 0.264 e. The van der Waals surface area contributed by atoms with Crippen molar-refractivity contribution in [2.24, 2.45) is 0 Å². The summed E-state index contributed by atoms with van der Waals surface area (Å²) in [6.07, 6.45) is 0. The minimum absolute atomic E-state index is 0.0208. The molecule has 1 fully saturated rings. The Morgan fingerprint density at radius 2 is 1.91 bits per heavy atom. The molecule has 0 radical (unpaired) electrons. The van der Waals surface area contributed by atoms with Gasteiger partial charge >= 0.3 is 0 Å². The highest BCUT2D eigenvalue weighted by Gasteiger charge is 2.24. The van der Waals surface area contributed by atoms with E-state index in [-0.39, 0.29) is 11.7 Å². The van der Waals surface area contributed by atoms with Crippen molar-refractivity contribution >= 4 is 40.4 Å². The summed E-state index contributed by atoms with van der Waals surface area (Å²) in [5, 5.41) is 3.07. The second kappa shape index (κ2) is 10.2. The standard InChI is InChI=1S/C24H23Cl2FN2O2S/c1-16-11-18(25)5-6-22(16)31-14-17-12-23(32-15-17)24(30)29-9-7-28(8-10-29)13-19-20(26)3-2-4-21(19)27/h2-6,11-12,15H,7-10,13-14H2,1H3. The van der Waals surface area contributed by atoms with Gasteiger partial charge in [-0.05, 0) is 54.3 Å². The zero-order valence-electron chi connectivity index (χ0n) is 17.6. The van der Waals surface area contributed by atoms with Gasteiger partial charge in [0, 0.05) is 53.9 Å². The number of carbonyl (C=O) groups excluding carboxylic acids is 1. The van der Waals surface area contributed by atoms with E-state index in [9.17, 15) is 9.18 Å². The van der Waals surface area contributed by atoms with Crippen LogP contribution in [0, 0.1) is 12.7 Å². The molecule has 3 aromatic rings. The maximum absolute atomic E-state index is 14.1. The molecule has 4 rings (SSSR count). The molecule has 1 aliphatic heterocycles. The molecular formula is C24H23Cl2FN2O2S. The Balaban J connectivity index is 1.30. The topological polar surface area (TPSA) is 32.8 Å². The Hall–Kier alpha value is -2.12. The quantitative estimate of drug-likeness (QED) is 0.420. The maximum atomic E-state index is 14.1. The van der Waals surface area contributed by atoms with E-state index in [2.05, 4.69) is 4.90 Å². The van der Waals surface area contributed by atoms with Crippen molar-refractivity contribution in [3.8, 4) is 5.75 Å². The number of aryl methyl sites for hydroxylation is 1. The number of amides is 1. The van der Waals surface area contributed by atoms with Crippen molar-refractivity contribution in [3.05, 3.63) is 85.3 Å². The third-order valence-electron chi connectivity index (χ3n) is 5.50. The number of carbonyl (C=O) groups is 1. The van der Waals surface area contributed by atoms with Crippen LogP contribution in [0.2, 0.25) is 10.0 Å². The summed E-state index contributed by atoms with van der Waals surface area (Å²) in [6.45, 7) is 5.32. The lowest BCUT2D eigenvalue weighted by Crippen LogP contribution is -2.48. The second-order valence-electron chi connectivity index (χ2n) is 7.79. The summed E-state index contributed by atoms with van der Waals surface area (Å²) < 4.78 is 19.9. The molecule has 0 saturated carbocycles. The Morgan fingerprint density at radius 1 is 1.12 bits per heavy atom. The molecule has 168 valence electrons. The van der Waals surface area contributed by atoms with Gasteiger partial charge in [0.1, 0.15) is 18.2 Å². The fourth-order valence-corrected chi connectivity index (χ4v) is 4.98. The van der Waals surface area contributed by atoms with Crippen LogP contribution in [0.4, 0.5) is 4.39 Å². The van der Waals surface area contributed by atoms with Crippen LogP contribution in [-0.4, -0.2) is 41.9 Å². The molecule has 4 nitrogen and oxygen atoms in total. The number of hydrogen-bond acceptors (Lipinski definition) is 4. The van der Waals surface area contributed by atoms with E-state index in [0.29, 0.717) is 59.8 Å². The van der Waals surface area contributed by atoms with Gasteiger partial charge in [0.15, 0.2) is 0 Å². The lowest BCUT2D eigenvalue weighted by atomic mass is 10.1. The highest BCUT2D eigenvalue weighted by Crippen LogP contribution is 2.25. The van der Waals surface area contributed by atoms with Gasteiger partial charge in [-0.2, -0.15) is 0 Å². The second-order valence-corrected chi connectivity index (χ2v) is 9.54. The summed E-state index contributed by atoms with van der Waals surface area (Å²) in [4.78, 5) is 17.6. The van der Waals surface area contributed by atoms with Crippen molar-refractivity contribution in [2.75, 3.05) is 26.2 Å². The summed E-state index contributed by atoms with van der Waals surface area (Å²) in [6, 6.07) is 12.1. The lowest BCUT2D eigenvalue weighted by molar-refractivity contribution is 0.0631. The van der Waals surface area contributed by atoms with Crippen molar-refractivity contribution in [2.45, 2.75) is 20.1 Å². The van der Waals surface area contributed by atoms with Crippen LogP contribution < -0.4 is 4.74 Å². The van der Waals surface area contributed by atoms with E-state index < -0.39 is 0 Å². The molecule has 1 saturated heterocycles. The van der Waals surface area contributed by atoms with Gasteiger partial charge in [-0.3, -0.25) is 9.69 Å². The van der Waals surface area contributed by atoms with Crippen LogP contribution in [0.5, 0.6) is 5.75 Å². The molecule has 32 heavy (non-hydrogen) atoms. The van der Waals surface area contributed by atoms with E-state index in [4.69, 9.17) is 27.9 Å². The minimum Gasteiger partial charge on any atom is -0.489 e. The van der Waals surface area contributed by atoms with E-state index in [1.165, 1.54) is 17.4 Å². The molecule has 0 bridgehead atoms. The number of ether oxygens (including phenoxy) is 1. The Labute approximate surface area is 201 Å². The molecule has 8 heteroatoms. The first-order valence-corrected chi connectivity index (χ1v) is 11.9. The van der Waals surface area contributed by atoms with Crippen molar-refractivity contribution in [1.29, 1.82) is 0 Å². The number of thiophene rings is 1. The molecule has 2 aromatic carbocycles. The summed E-state index contributed by atoms with van der Waals surface area (Å²) in [7, 11) is 0. The van der Waals surface area contributed by atoms with Crippen LogP contribution in [0.15, 0.2) is 47.8 Å². The number of piperazine rings is 1. The summed E-state index contributed by atoms with van der Waals surface area (Å²) in [5.41, 5.74) is 2.44. The largest absolute Gasteiger partial charge is 0.489 e. The molecular weight excluding hydrogens is 470 g/mol. The summed E-state index contributed by atoms with van der Waals surface area (Å²) >= 11 is 13.6. The predicted molar refractivity (Wildman–Crippen MR) is 127 cm³/mol. The van der Waals surface area contributed by atoms with Gasteiger partial charge in [0.25, 0.3) is 5.91 Å². The van der Waals surface area contributed by atoms with Crippen LogP contribution in [0.25, 0.3) is 0 Å². The third-order valence-corrected chi connectivity index (χ3v) is 7.05. The zero-order valence-corrected chi connectivity index (χ0v) is 19.9. The Kier molecular flexibility index (Phi) is 7.36. The molecule has 2 heterocycles. The smallest absolute Gasteiger partial charge is 0.264 e. The van der Waals surface area contributed by atoms with Gasteiger partial charge in [0.2, 0.25) is 0 Å². The van der Waals surface area contributed by atoms with Crippen molar-refractivity contribution < 1.29 is 13.9 Å². The third kappa shape index (κ3) is 5.44. The van der Waals surface area contributed by atoms with E-state index >= 15 is 0 Å². The van der Waals surface area contributed by atoms with Gasteiger partial charge in [-0.15, -0.1) is 11.3 Å². The number of rotatable bonds is 6. The molecule has 1 aliphatic rings. The van der Waals surface area contributed by atoms with E-state index in [1.807, 2.05) is 35.4 Å². The highest BCUT2D eigenvalue weighted by atomic mass is 35.5. The Bertz CT molecular complexity index is 1090. The monoisotopic (exact) mass is 492 g/mol. The SMILES string of the molecule is Cc1cc(Cl)ccc1OCc1csc(C(=O)N2CCN(Cc3c(F)cccc3Cl)CC2)c1. The lowest BCUT2D eigenvalue weighted by Gasteiger charge is -2.34. The highest BCUT2D eigenvalue weighted by molar-refractivity contribution is 7.12. The summed E-state index contributed by atoms with van der Waals surface area (Å²) in [5.74, 6) is 0.505. The van der Waals surface area contributed by atoms with Crippen LogP contribution in [0.1, 0.15) is 26.4 Å². The van der Waals surface area contributed by atoms with Crippen LogP contribution >= 0.6 is 34.5 Å².